The van der Waals surface area contributed by atoms with Gasteiger partial charge in [-0.25, -0.2) is 0 Å². The molecule has 0 aromatic rings. The Balaban J connectivity index is 2.62. The largest absolute Gasteiger partial charge is 0.274 e. The van der Waals surface area contributed by atoms with Gasteiger partial charge >= 0.3 is 0 Å². The van der Waals surface area contributed by atoms with Crippen LogP contribution in [0.4, 0.5) is 0 Å². The van der Waals surface area contributed by atoms with Gasteiger partial charge in [0.05, 0.1) is 0 Å². The van der Waals surface area contributed by atoms with Gasteiger partial charge in [0.15, 0.2) is 0 Å². The zero-order chi connectivity index (χ0) is 8.43. The second-order valence-corrected chi connectivity index (χ2v) is 2.30. The molecule has 0 spiro atoms. The molecule has 11 heavy (non-hydrogen) atoms. The van der Waals surface area contributed by atoms with Gasteiger partial charge in [-0.15, -0.1) is 0 Å². The van der Waals surface area contributed by atoms with Crippen LogP contribution in [0, 0.1) is 0 Å². The molecular weight excluding hydrogens is 148 g/mol. The predicted molar refractivity (Wildman–Crippen MR) is 34.1 cm³/mol. The van der Waals surface area contributed by atoms with Crippen LogP contribution in [-0.2, 0) is 14.4 Å². The average molecular weight is 155 g/mol. The zero-order valence-corrected chi connectivity index (χ0v) is 5.79. The van der Waals surface area contributed by atoms with Crippen LogP contribution in [0.1, 0.15) is 12.8 Å². The molecule has 1 aliphatic rings. The summed E-state index contributed by atoms with van der Waals surface area (Å²) in [6.07, 6.45) is 0.345. The van der Waals surface area contributed by atoms with E-state index in [0.29, 0.717) is 0 Å². The molecule has 0 saturated carbocycles. The molecule has 0 aromatic heterocycles. The Bertz CT molecular complexity index is 208. The first-order valence-corrected chi connectivity index (χ1v) is 3.19. The third-order valence-electron chi connectivity index (χ3n) is 1.46. The molecule has 1 heterocycles. The Hall–Kier alpha value is -1.39. The van der Waals surface area contributed by atoms with Crippen LogP contribution in [0.25, 0.3) is 0 Å². The quantitative estimate of drug-likeness (QED) is 0.477. The SMILES string of the molecule is [NH]C(=O)CN1C(=O)CCC1=O. The average Bonchev–Trinajstić information content (AvgIpc) is 2.18. The minimum Gasteiger partial charge on any atom is -0.274 e. The van der Waals surface area contributed by atoms with E-state index in [-0.39, 0.29) is 24.7 Å². The van der Waals surface area contributed by atoms with Gasteiger partial charge in [-0.3, -0.25) is 25.0 Å². The molecule has 0 aliphatic carbocycles. The van der Waals surface area contributed by atoms with Gasteiger partial charge in [-0.2, -0.15) is 0 Å². The first-order chi connectivity index (χ1) is 5.11. The maximum Gasteiger partial charge on any atom is 0.258 e. The fourth-order valence-corrected chi connectivity index (χ4v) is 0.943. The van der Waals surface area contributed by atoms with Gasteiger partial charge in [-0.1, -0.05) is 0 Å². The van der Waals surface area contributed by atoms with Crippen LogP contribution in [0.3, 0.4) is 0 Å². The standard InChI is InChI=1S/C6H7N2O3/c7-4(9)3-8-5(10)1-2-6(8)11/h7H,1-3H2. The number of likely N-dealkylation sites (tertiary alicyclic amines) is 1. The molecule has 1 radical (unpaired) electrons. The maximum absolute atomic E-state index is 10.8. The third-order valence-corrected chi connectivity index (χ3v) is 1.46. The maximum atomic E-state index is 10.8. The first kappa shape index (κ1) is 7.71. The van der Waals surface area contributed by atoms with Crippen molar-refractivity contribution in [3.8, 4) is 0 Å². The third kappa shape index (κ3) is 1.54. The number of nitrogens with zero attached hydrogens (tertiary/aromatic N) is 1. The Morgan fingerprint density at radius 1 is 1.36 bits per heavy atom. The van der Waals surface area contributed by atoms with Gasteiger partial charge in [0.2, 0.25) is 11.8 Å². The predicted octanol–water partition coefficient (Wildman–Crippen LogP) is -1.06. The topological polar surface area (TPSA) is 78.2 Å². The van der Waals surface area contributed by atoms with Gasteiger partial charge in [0.1, 0.15) is 6.54 Å². The minimum absolute atomic E-state index is 0.173. The summed E-state index contributed by atoms with van der Waals surface area (Å²) >= 11 is 0. The fourth-order valence-electron chi connectivity index (χ4n) is 0.943. The van der Waals surface area contributed by atoms with Crippen molar-refractivity contribution in [3.63, 3.8) is 0 Å². The van der Waals surface area contributed by atoms with E-state index in [1.54, 1.807) is 0 Å². The highest BCUT2D eigenvalue weighted by molar-refractivity contribution is 6.04. The number of imide groups is 1. The van der Waals surface area contributed by atoms with E-state index in [9.17, 15) is 14.4 Å². The molecular formula is C6H7N2O3. The lowest BCUT2D eigenvalue weighted by Crippen LogP contribution is -2.34. The van der Waals surface area contributed by atoms with Crippen molar-refractivity contribution in [1.82, 2.24) is 10.6 Å². The highest BCUT2D eigenvalue weighted by Gasteiger charge is 2.29. The molecule has 1 rings (SSSR count). The number of amides is 3. The molecule has 1 fully saturated rings. The van der Waals surface area contributed by atoms with E-state index in [4.69, 9.17) is 5.73 Å². The van der Waals surface area contributed by atoms with E-state index in [2.05, 4.69) is 0 Å². The molecule has 0 bridgehead atoms. The summed E-state index contributed by atoms with van der Waals surface area (Å²) in [6.45, 7) is -0.391. The van der Waals surface area contributed by atoms with Crippen molar-refractivity contribution >= 4 is 17.7 Å². The van der Waals surface area contributed by atoms with Gasteiger partial charge in [0, 0.05) is 12.8 Å². The van der Waals surface area contributed by atoms with Crippen LogP contribution >= 0.6 is 0 Å². The van der Waals surface area contributed by atoms with Crippen molar-refractivity contribution in [2.75, 3.05) is 6.54 Å². The molecule has 1 N–H and O–H groups in total. The highest BCUT2D eigenvalue weighted by atomic mass is 16.2. The summed E-state index contributed by atoms with van der Waals surface area (Å²) in [6, 6.07) is 0. The Labute approximate surface area is 63.1 Å². The molecule has 0 atom stereocenters. The second kappa shape index (κ2) is 2.69. The molecule has 1 aliphatic heterocycles. The van der Waals surface area contributed by atoms with Gasteiger partial charge in [0.25, 0.3) is 5.91 Å². The van der Waals surface area contributed by atoms with Crippen molar-refractivity contribution < 1.29 is 14.4 Å². The summed E-state index contributed by atoms with van der Waals surface area (Å²) in [5.74, 6) is -1.61. The van der Waals surface area contributed by atoms with Crippen molar-refractivity contribution in [2.24, 2.45) is 0 Å². The summed E-state index contributed by atoms with van der Waals surface area (Å²) in [7, 11) is 0. The normalized spacial score (nSPS) is 17.6. The lowest BCUT2D eigenvalue weighted by atomic mass is 10.4. The van der Waals surface area contributed by atoms with E-state index >= 15 is 0 Å². The minimum atomic E-state index is -0.909. The van der Waals surface area contributed by atoms with E-state index in [0.717, 1.165) is 4.90 Å². The van der Waals surface area contributed by atoms with Crippen LogP contribution < -0.4 is 5.73 Å². The molecule has 5 heteroatoms. The van der Waals surface area contributed by atoms with Crippen LogP contribution in [0.15, 0.2) is 0 Å². The summed E-state index contributed by atoms with van der Waals surface area (Å²) < 4.78 is 0. The van der Waals surface area contributed by atoms with E-state index < -0.39 is 12.5 Å². The van der Waals surface area contributed by atoms with Crippen LogP contribution in [0.2, 0.25) is 0 Å². The van der Waals surface area contributed by atoms with Gasteiger partial charge < -0.3 is 0 Å². The monoisotopic (exact) mass is 155 g/mol. The Kier molecular flexibility index (Phi) is 1.89. The number of hydrogen-bond donors (Lipinski definition) is 0. The van der Waals surface area contributed by atoms with E-state index in [1.165, 1.54) is 0 Å². The number of rotatable bonds is 2. The molecule has 1 saturated heterocycles. The molecule has 3 amide bonds. The Morgan fingerprint density at radius 3 is 2.18 bits per heavy atom. The zero-order valence-electron chi connectivity index (χ0n) is 5.79. The van der Waals surface area contributed by atoms with Crippen molar-refractivity contribution in [1.29, 1.82) is 0 Å². The Morgan fingerprint density at radius 2 is 1.82 bits per heavy atom. The van der Waals surface area contributed by atoms with Crippen molar-refractivity contribution in [2.45, 2.75) is 12.8 Å². The first-order valence-electron chi connectivity index (χ1n) is 3.19. The molecule has 0 unspecified atom stereocenters. The summed E-state index contributed by atoms with van der Waals surface area (Å²) in [5.41, 5.74) is 6.54. The van der Waals surface area contributed by atoms with Crippen molar-refractivity contribution in [3.05, 3.63) is 0 Å². The molecule has 5 nitrogen and oxygen atoms in total. The van der Waals surface area contributed by atoms with Crippen LogP contribution in [-0.4, -0.2) is 29.2 Å². The number of carbonyl (C=O) groups excluding carboxylic acids is 3. The number of hydrogen-bond acceptors (Lipinski definition) is 3. The lowest BCUT2D eigenvalue weighted by Gasteiger charge is -2.09. The van der Waals surface area contributed by atoms with Gasteiger partial charge in [-0.05, 0) is 0 Å². The molecule has 59 valence electrons. The number of carbonyl (C=O) groups is 3. The smallest absolute Gasteiger partial charge is 0.258 e. The second-order valence-electron chi connectivity index (χ2n) is 2.30. The highest BCUT2D eigenvalue weighted by Crippen LogP contribution is 2.10. The number of nitrogens with one attached hydrogen (secondary N) is 1. The fraction of sp³-hybridized carbons (Fsp3) is 0.500. The van der Waals surface area contributed by atoms with Crippen LogP contribution in [0.5, 0.6) is 0 Å². The molecule has 0 aromatic carbocycles. The summed E-state index contributed by atoms with van der Waals surface area (Å²) in [5, 5.41) is 0. The summed E-state index contributed by atoms with van der Waals surface area (Å²) in [4.78, 5) is 32.6. The lowest BCUT2D eigenvalue weighted by molar-refractivity contribution is -0.141. The van der Waals surface area contributed by atoms with E-state index in [1.807, 2.05) is 0 Å².